The zero-order valence-electron chi connectivity index (χ0n) is 16.1. The van der Waals surface area contributed by atoms with Gasteiger partial charge in [-0.25, -0.2) is 4.79 Å². The Balaban J connectivity index is 1.65. The van der Waals surface area contributed by atoms with Gasteiger partial charge in [0, 0.05) is 11.3 Å². The van der Waals surface area contributed by atoms with Crippen LogP contribution in [-0.2, 0) is 10.3 Å². The number of anilines is 1. The number of carbonyl (C=O) groups is 1. The second-order valence-electron chi connectivity index (χ2n) is 7.39. The minimum Gasteiger partial charge on any atom is -0.492 e. The van der Waals surface area contributed by atoms with Crippen molar-refractivity contribution in [2.24, 2.45) is 0 Å². The van der Waals surface area contributed by atoms with Crippen molar-refractivity contribution in [2.75, 3.05) is 19.0 Å². The van der Waals surface area contributed by atoms with Crippen LogP contribution in [0.25, 0.3) is 6.08 Å². The van der Waals surface area contributed by atoms with E-state index in [4.69, 9.17) is 9.47 Å². The van der Waals surface area contributed by atoms with E-state index < -0.39 is 5.54 Å². The molecule has 0 unspecified atom stereocenters. The maximum atomic E-state index is 12.1. The molecular weight excluding hydrogens is 362 g/mol. The van der Waals surface area contributed by atoms with Crippen LogP contribution in [-0.4, -0.2) is 19.7 Å². The average molecular weight is 383 g/mol. The second kappa shape index (κ2) is 6.82. The van der Waals surface area contributed by atoms with Gasteiger partial charge in [-0.3, -0.25) is 0 Å². The van der Waals surface area contributed by atoms with Crippen molar-refractivity contribution >= 4 is 17.7 Å². The molecule has 0 saturated heterocycles. The molecular formula is C25H21NO3. The summed E-state index contributed by atoms with van der Waals surface area (Å²) in [5.41, 5.74) is 4.43. The van der Waals surface area contributed by atoms with Crippen LogP contribution in [0.15, 0.2) is 78.9 Å². The Morgan fingerprint density at radius 2 is 1.90 bits per heavy atom. The number of hydrogen-bond acceptors (Lipinski definition) is 4. The summed E-state index contributed by atoms with van der Waals surface area (Å²) in [5.74, 6) is 0.592. The van der Waals surface area contributed by atoms with Gasteiger partial charge in [0.1, 0.15) is 5.75 Å². The number of esters is 1. The summed E-state index contributed by atoms with van der Waals surface area (Å²) < 4.78 is 11.0. The van der Waals surface area contributed by atoms with Gasteiger partial charge in [0.25, 0.3) is 0 Å². The fourth-order valence-electron chi connectivity index (χ4n) is 4.39. The molecule has 0 spiro atoms. The minimum atomic E-state index is -0.443. The van der Waals surface area contributed by atoms with Crippen molar-refractivity contribution in [1.82, 2.24) is 0 Å². The van der Waals surface area contributed by atoms with Crippen LogP contribution >= 0.6 is 0 Å². The lowest BCUT2D eigenvalue weighted by atomic mass is 9.75. The molecule has 29 heavy (non-hydrogen) atoms. The van der Waals surface area contributed by atoms with Gasteiger partial charge in [-0.2, -0.15) is 0 Å². The average Bonchev–Trinajstić information content (AvgIpc) is 3.12. The Hall–Kier alpha value is -3.53. The molecule has 0 fully saturated rings. The van der Waals surface area contributed by atoms with Gasteiger partial charge >= 0.3 is 5.97 Å². The largest absolute Gasteiger partial charge is 0.492 e. The van der Waals surface area contributed by atoms with Crippen molar-refractivity contribution in [2.45, 2.75) is 11.5 Å². The highest BCUT2D eigenvalue weighted by atomic mass is 16.5. The third kappa shape index (κ3) is 2.80. The highest BCUT2D eigenvalue weighted by Crippen LogP contribution is 2.54. The van der Waals surface area contributed by atoms with Crippen LogP contribution in [0.4, 0.5) is 5.69 Å². The molecule has 4 nitrogen and oxygen atoms in total. The number of nitrogens with one attached hydrogen (secondary N) is 1. The van der Waals surface area contributed by atoms with E-state index in [9.17, 15) is 4.79 Å². The standard InChI is InChI=1S/C25H21NO3/c1-28-24(27)18-11-12-22-19(15-18)21-16-29-23-10-6-5-9-20(23)25(21,26-22)14-13-17-7-3-2-4-8-17/h2-15,21,26H,16H2,1H3/b14-13+/t21-,25-/m1/s1. The fourth-order valence-corrected chi connectivity index (χ4v) is 4.39. The Labute approximate surface area is 169 Å². The van der Waals surface area contributed by atoms with Gasteiger partial charge in [0.05, 0.1) is 30.7 Å². The molecule has 0 saturated carbocycles. The summed E-state index contributed by atoms with van der Waals surface area (Å²) in [6.45, 7) is 0.529. The lowest BCUT2D eigenvalue weighted by Gasteiger charge is -2.39. The molecule has 0 aromatic heterocycles. The molecule has 4 heteroatoms. The van der Waals surface area contributed by atoms with E-state index in [1.54, 1.807) is 6.07 Å². The first-order valence-corrected chi connectivity index (χ1v) is 9.68. The third-order valence-corrected chi connectivity index (χ3v) is 5.82. The molecule has 2 aliphatic rings. The number of ether oxygens (including phenoxy) is 2. The second-order valence-corrected chi connectivity index (χ2v) is 7.39. The lowest BCUT2D eigenvalue weighted by Crippen LogP contribution is -2.41. The Bertz CT molecular complexity index is 1110. The summed E-state index contributed by atoms with van der Waals surface area (Å²) in [7, 11) is 1.40. The fraction of sp³-hybridized carbons (Fsp3) is 0.160. The van der Waals surface area contributed by atoms with Crippen molar-refractivity contribution in [3.05, 3.63) is 101 Å². The maximum absolute atomic E-state index is 12.1. The smallest absolute Gasteiger partial charge is 0.337 e. The molecule has 2 atom stereocenters. The highest BCUT2D eigenvalue weighted by molar-refractivity contribution is 5.91. The topological polar surface area (TPSA) is 47.6 Å². The lowest BCUT2D eigenvalue weighted by molar-refractivity contribution is 0.0600. The van der Waals surface area contributed by atoms with Crippen LogP contribution in [0, 0.1) is 0 Å². The van der Waals surface area contributed by atoms with Crippen molar-refractivity contribution in [1.29, 1.82) is 0 Å². The zero-order valence-corrected chi connectivity index (χ0v) is 16.1. The summed E-state index contributed by atoms with van der Waals surface area (Å²) in [5, 5.41) is 3.74. The van der Waals surface area contributed by atoms with Crippen LogP contribution in [0.3, 0.4) is 0 Å². The van der Waals surface area contributed by atoms with Crippen LogP contribution < -0.4 is 10.1 Å². The quantitative estimate of drug-likeness (QED) is 0.648. The van der Waals surface area contributed by atoms with Gasteiger partial charge in [0.15, 0.2) is 0 Å². The molecule has 3 aromatic rings. The molecule has 5 rings (SSSR count). The molecule has 0 amide bonds. The molecule has 0 bridgehead atoms. The first kappa shape index (κ1) is 17.6. The van der Waals surface area contributed by atoms with E-state index in [1.165, 1.54) is 7.11 Å². The molecule has 0 radical (unpaired) electrons. The predicted molar refractivity (Wildman–Crippen MR) is 113 cm³/mol. The predicted octanol–water partition coefficient (Wildman–Crippen LogP) is 4.98. The monoisotopic (exact) mass is 383 g/mol. The molecule has 0 aliphatic carbocycles. The van der Waals surface area contributed by atoms with Gasteiger partial charge < -0.3 is 14.8 Å². The summed E-state index contributed by atoms with van der Waals surface area (Å²) >= 11 is 0. The number of fused-ring (bicyclic) bond motifs is 5. The number of para-hydroxylation sites is 1. The Morgan fingerprint density at radius 1 is 1.10 bits per heavy atom. The van der Waals surface area contributed by atoms with E-state index in [2.05, 4.69) is 35.7 Å². The summed E-state index contributed by atoms with van der Waals surface area (Å²) in [4.78, 5) is 12.1. The van der Waals surface area contributed by atoms with E-state index in [1.807, 2.05) is 48.5 Å². The van der Waals surface area contributed by atoms with Gasteiger partial charge in [-0.1, -0.05) is 60.7 Å². The van der Waals surface area contributed by atoms with Crippen molar-refractivity contribution in [3.8, 4) is 5.75 Å². The normalized spacial score (nSPS) is 21.5. The Morgan fingerprint density at radius 3 is 2.72 bits per heavy atom. The maximum Gasteiger partial charge on any atom is 0.337 e. The number of carbonyl (C=O) groups excluding carboxylic acids is 1. The van der Waals surface area contributed by atoms with E-state index >= 15 is 0 Å². The molecule has 2 aliphatic heterocycles. The molecule has 2 heterocycles. The number of hydrogen-bond donors (Lipinski definition) is 1. The van der Waals surface area contributed by atoms with E-state index in [0.717, 1.165) is 28.1 Å². The van der Waals surface area contributed by atoms with Gasteiger partial charge in [-0.15, -0.1) is 0 Å². The van der Waals surface area contributed by atoms with Gasteiger partial charge in [0.2, 0.25) is 0 Å². The van der Waals surface area contributed by atoms with E-state index in [0.29, 0.717) is 12.2 Å². The van der Waals surface area contributed by atoms with Crippen LogP contribution in [0.2, 0.25) is 0 Å². The van der Waals surface area contributed by atoms with Crippen molar-refractivity contribution < 1.29 is 14.3 Å². The molecule has 144 valence electrons. The summed E-state index contributed by atoms with van der Waals surface area (Å²) in [6.07, 6.45) is 4.38. The van der Waals surface area contributed by atoms with Crippen LogP contribution in [0.5, 0.6) is 5.75 Å². The number of benzene rings is 3. The van der Waals surface area contributed by atoms with Crippen molar-refractivity contribution in [3.63, 3.8) is 0 Å². The summed E-state index contributed by atoms with van der Waals surface area (Å²) in [6, 6.07) is 24.1. The first-order valence-electron chi connectivity index (χ1n) is 9.68. The Kier molecular flexibility index (Phi) is 4.13. The molecule has 1 N–H and O–H groups in total. The minimum absolute atomic E-state index is 0.0389. The van der Waals surface area contributed by atoms with Gasteiger partial charge in [-0.05, 0) is 35.4 Å². The van der Waals surface area contributed by atoms with Crippen LogP contribution in [0.1, 0.15) is 33.0 Å². The van der Waals surface area contributed by atoms with E-state index in [-0.39, 0.29) is 11.9 Å². The molecule has 3 aromatic carbocycles. The highest BCUT2D eigenvalue weighted by Gasteiger charge is 2.50. The SMILES string of the molecule is COC(=O)c1ccc2c(c1)[C@H]1COc3ccccc3[C@@]1(/C=C/c1ccccc1)N2. The number of rotatable bonds is 3. The zero-order chi connectivity index (χ0) is 19.8. The third-order valence-electron chi connectivity index (χ3n) is 5.82. The first-order chi connectivity index (χ1) is 14.2. The number of methoxy groups -OCH3 is 1.